The Morgan fingerprint density at radius 1 is 1.06 bits per heavy atom. The summed E-state index contributed by atoms with van der Waals surface area (Å²) in [5.41, 5.74) is 0.982. The number of Topliss-reactive ketones (excluding diaryl/α,β-unsaturated/α-hetero) is 1. The minimum atomic E-state index is -0.739. The molecule has 0 radical (unpaired) electrons. The molecule has 0 saturated carbocycles. The van der Waals surface area contributed by atoms with Crippen molar-refractivity contribution in [2.45, 2.75) is 25.0 Å². The quantitative estimate of drug-likeness (QED) is 0.436. The molecule has 0 spiro atoms. The molecule has 0 bridgehead atoms. The lowest BCUT2D eigenvalue weighted by molar-refractivity contribution is -0.140. The van der Waals surface area contributed by atoms with E-state index in [4.69, 9.17) is 14.2 Å². The number of hydrogen-bond donors (Lipinski definition) is 1. The molecular formula is C24H25NO6. The van der Waals surface area contributed by atoms with Crippen LogP contribution in [0.15, 0.2) is 54.1 Å². The van der Waals surface area contributed by atoms with Gasteiger partial charge in [0, 0.05) is 13.2 Å². The molecule has 31 heavy (non-hydrogen) atoms. The van der Waals surface area contributed by atoms with Crippen LogP contribution in [-0.4, -0.2) is 55.2 Å². The van der Waals surface area contributed by atoms with E-state index in [1.54, 1.807) is 18.2 Å². The highest BCUT2D eigenvalue weighted by Crippen LogP contribution is 2.43. The Morgan fingerprint density at radius 2 is 1.74 bits per heavy atom. The van der Waals surface area contributed by atoms with Crippen molar-refractivity contribution in [1.82, 2.24) is 4.90 Å². The van der Waals surface area contributed by atoms with Gasteiger partial charge >= 0.3 is 0 Å². The first kappa shape index (κ1) is 20.9. The summed E-state index contributed by atoms with van der Waals surface area (Å²) >= 11 is 0. The van der Waals surface area contributed by atoms with Crippen molar-refractivity contribution >= 4 is 17.4 Å². The van der Waals surface area contributed by atoms with Crippen molar-refractivity contribution in [2.24, 2.45) is 0 Å². The van der Waals surface area contributed by atoms with Crippen molar-refractivity contribution in [2.75, 3.05) is 27.4 Å². The fourth-order valence-corrected chi connectivity index (χ4v) is 4.28. The highest BCUT2D eigenvalue weighted by Gasteiger charge is 2.47. The van der Waals surface area contributed by atoms with Gasteiger partial charge in [0.05, 0.1) is 31.9 Å². The molecule has 2 aromatic rings. The molecule has 2 fully saturated rings. The maximum Gasteiger partial charge on any atom is 0.295 e. The first-order valence-corrected chi connectivity index (χ1v) is 10.2. The predicted molar refractivity (Wildman–Crippen MR) is 114 cm³/mol. The molecule has 4 rings (SSSR count). The van der Waals surface area contributed by atoms with Crippen LogP contribution in [0.2, 0.25) is 0 Å². The lowest BCUT2D eigenvalue weighted by Gasteiger charge is -2.27. The minimum Gasteiger partial charge on any atom is -0.506 e. The highest BCUT2D eigenvalue weighted by atomic mass is 16.5. The molecule has 2 unspecified atom stereocenters. The number of rotatable bonds is 6. The monoisotopic (exact) mass is 423 g/mol. The normalized spacial score (nSPS) is 22.7. The maximum atomic E-state index is 13.2. The van der Waals surface area contributed by atoms with E-state index in [9.17, 15) is 14.7 Å². The van der Waals surface area contributed by atoms with Gasteiger partial charge < -0.3 is 24.2 Å². The first-order valence-electron chi connectivity index (χ1n) is 10.2. The number of methoxy groups -OCH3 is 2. The number of benzene rings is 2. The number of ketones is 1. The molecule has 7 nitrogen and oxygen atoms in total. The molecule has 2 aliphatic rings. The molecule has 2 heterocycles. The zero-order chi connectivity index (χ0) is 22.0. The highest BCUT2D eigenvalue weighted by molar-refractivity contribution is 6.46. The number of hydrogen-bond acceptors (Lipinski definition) is 6. The average molecular weight is 423 g/mol. The molecule has 2 saturated heterocycles. The standard InChI is InChI=1S/C24H25NO6/c1-29-17-11-6-12-18(30-2)19(17)22(26)20-21(15-8-4-3-5-9-15)25(24(28)23(20)27)14-16-10-7-13-31-16/h3-6,8-9,11-12,16,21,26H,7,10,13-14H2,1-2H3/b22-20+. The fraction of sp³-hybridized carbons (Fsp3) is 0.333. The van der Waals surface area contributed by atoms with Crippen LogP contribution >= 0.6 is 0 Å². The third-order valence-corrected chi connectivity index (χ3v) is 5.74. The van der Waals surface area contributed by atoms with Crippen LogP contribution in [0, 0.1) is 0 Å². The number of aliphatic hydroxyl groups is 1. The van der Waals surface area contributed by atoms with E-state index >= 15 is 0 Å². The first-order chi connectivity index (χ1) is 15.1. The van der Waals surface area contributed by atoms with Crippen LogP contribution < -0.4 is 9.47 Å². The number of likely N-dealkylation sites (tertiary alicyclic amines) is 1. The Labute approximate surface area is 180 Å². The van der Waals surface area contributed by atoms with E-state index in [1.165, 1.54) is 19.1 Å². The molecule has 162 valence electrons. The van der Waals surface area contributed by atoms with Gasteiger partial charge in [0.15, 0.2) is 0 Å². The minimum absolute atomic E-state index is 0.0111. The Bertz CT molecular complexity index is 988. The Hall–Kier alpha value is -3.32. The summed E-state index contributed by atoms with van der Waals surface area (Å²) in [5, 5.41) is 11.3. The van der Waals surface area contributed by atoms with Gasteiger partial charge in [-0.1, -0.05) is 36.4 Å². The third-order valence-electron chi connectivity index (χ3n) is 5.74. The van der Waals surface area contributed by atoms with Gasteiger partial charge in [-0.05, 0) is 30.5 Å². The lowest BCUT2D eigenvalue weighted by atomic mass is 9.94. The van der Waals surface area contributed by atoms with E-state index in [0.29, 0.717) is 18.1 Å². The molecule has 0 aromatic heterocycles. The zero-order valence-corrected chi connectivity index (χ0v) is 17.5. The number of ether oxygens (including phenoxy) is 3. The van der Waals surface area contributed by atoms with E-state index in [0.717, 1.165) is 18.4 Å². The second kappa shape index (κ2) is 8.81. The molecule has 2 aromatic carbocycles. The van der Waals surface area contributed by atoms with Crippen molar-refractivity contribution in [3.63, 3.8) is 0 Å². The van der Waals surface area contributed by atoms with E-state index in [2.05, 4.69) is 0 Å². The molecular weight excluding hydrogens is 398 g/mol. The summed E-state index contributed by atoms with van der Waals surface area (Å²) in [7, 11) is 2.94. The molecule has 1 N–H and O–H groups in total. The summed E-state index contributed by atoms with van der Waals surface area (Å²) in [4.78, 5) is 27.7. The van der Waals surface area contributed by atoms with Crippen molar-refractivity contribution in [3.8, 4) is 11.5 Å². The van der Waals surface area contributed by atoms with Gasteiger partial charge in [-0.15, -0.1) is 0 Å². The topological polar surface area (TPSA) is 85.3 Å². The van der Waals surface area contributed by atoms with Gasteiger partial charge in [-0.3, -0.25) is 9.59 Å². The van der Waals surface area contributed by atoms with Gasteiger partial charge in [0.25, 0.3) is 11.7 Å². The Kier molecular flexibility index (Phi) is 5.95. The van der Waals surface area contributed by atoms with Crippen LogP contribution in [0.1, 0.15) is 30.0 Å². The summed E-state index contributed by atoms with van der Waals surface area (Å²) in [6.07, 6.45) is 1.61. The molecule has 2 atom stereocenters. The molecule has 0 aliphatic carbocycles. The predicted octanol–water partition coefficient (Wildman–Crippen LogP) is 3.30. The largest absolute Gasteiger partial charge is 0.506 e. The summed E-state index contributed by atoms with van der Waals surface area (Å²) in [5.74, 6) is -1.03. The van der Waals surface area contributed by atoms with Gasteiger partial charge in [0.2, 0.25) is 0 Å². The van der Waals surface area contributed by atoms with E-state index in [1.807, 2.05) is 30.3 Å². The van der Waals surface area contributed by atoms with Crippen molar-refractivity contribution in [3.05, 3.63) is 65.2 Å². The number of nitrogens with zero attached hydrogens (tertiary/aromatic N) is 1. The average Bonchev–Trinajstić information content (AvgIpc) is 3.41. The number of carbonyl (C=O) groups is 2. The van der Waals surface area contributed by atoms with Crippen LogP contribution in [0.5, 0.6) is 11.5 Å². The smallest absolute Gasteiger partial charge is 0.295 e. The van der Waals surface area contributed by atoms with Crippen LogP contribution in [0.25, 0.3) is 5.76 Å². The fourth-order valence-electron chi connectivity index (χ4n) is 4.28. The summed E-state index contributed by atoms with van der Waals surface area (Å²) < 4.78 is 16.5. The Morgan fingerprint density at radius 3 is 2.32 bits per heavy atom. The van der Waals surface area contributed by atoms with Gasteiger partial charge in [-0.25, -0.2) is 0 Å². The SMILES string of the molecule is COc1cccc(OC)c1/C(O)=C1\C(=O)C(=O)N(CC2CCCO2)C1c1ccccc1. The molecule has 2 aliphatic heterocycles. The van der Waals surface area contributed by atoms with Crippen LogP contribution in [-0.2, 0) is 14.3 Å². The number of amides is 1. The van der Waals surface area contributed by atoms with Crippen LogP contribution in [0.3, 0.4) is 0 Å². The van der Waals surface area contributed by atoms with Crippen LogP contribution in [0.4, 0.5) is 0 Å². The molecule has 1 amide bonds. The Balaban J connectivity index is 1.89. The zero-order valence-electron chi connectivity index (χ0n) is 17.5. The summed E-state index contributed by atoms with van der Waals surface area (Å²) in [6.45, 7) is 0.924. The maximum absolute atomic E-state index is 13.2. The molecule has 7 heteroatoms. The van der Waals surface area contributed by atoms with Gasteiger partial charge in [0.1, 0.15) is 22.8 Å². The summed E-state index contributed by atoms with van der Waals surface area (Å²) in [6, 6.07) is 13.5. The second-order valence-electron chi connectivity index (χ2n) is 7.53. The number of carbonyl (C=O) groups excluding carboxylic acids is 2. The van der Waals surface area contributed by atoms with Crippen molar-refractivity contribution in [1.29, 1.82) is 0 Å². The third kappa shape index (κ3) is 3.77. The van der Waals surface area contributed by atoms with E-state index in [-0.39, 0.29) is 29.5 Å². The van der Waals surface area contributed by atoms with Crippen molar-refractivity contribution < 1.29 is 28.9 Å². The second-order valence-corrected chi connectivity index (χ2v) is 7.53. The van der Waals surface area contributed by atoms with E-state index < -0.39 is 17.7 Å². The lowest BCUT2D eigenvalue weighted by Crippen LogP contribution is -2.36. The number of aliphatic hydroxyl groups excluding tert-OH is 1. The van der Waals surface area contributed by atoms with Gasteiger partial charge in [-0.2, -0.15) is 0 Å².